The van der Waals surface area contributed by atoms with E-state index in [0.29, 0.717) is 11.5 Å². The van der Waals surface area contributed by atoms with Gasteiger partial charge in [0.05, 0.1) is 34.4 Å². The summed E-state index contributed by atoms with van der Waals surface area (Å²) in [5, 5.41) is 9.85. The zero-order valence-electron chi connectivity index (χ0n) is 21.8. The van der Waals surface area contributed by atoms with Gasteiger partial charge in [0.1, 0.15) is 40.6 Å². The molecule has 194 valence electrons. The second kappa shape index (κ2) is 10.8. The minimum absolute atomic E-state index is 0.121. The molecule has 2 atom stereocenters. The highest BCUT2D eigenvalue weighted by Crippen LogP contribution is 2.51. The lowest BCUT2D eigenvalue weighted by Crippen LogP contribution is -2.11. The van der Waals surface area contributed by atoms with Gasteiger partial charge < -0.3 is 28.8 Å². The van der Waals surface area contributed by atoms with Crippen LogP contribution in [0.4, 0.5) is 0 Å². The van der Waals surface area contributed by atoms with E-state index >= 15 is 0 Å². The van der Waals surface area contributed by atoms with Crippen molar-refractivity contribution in [2.45, 2.75) is 12.0 Å². The summed E-state index contributed by atoms with van der Waals surface area (Å²) in [6, 6.07) is 25.0. The summed E-state index contributed by atoms with van der Waals surface area (Å²) in [6.07, 6.45) is 3.80. The van der Waals surface area contributed by atoms with E-state index in [0.717, 1.165) is 45.1 Å². The SMILES string of the molecule is COc1cc(/C=C/c2ccc3c(c2)[C@@H](c2cc(OC)cc(OC)c2)[C@H](c2ccc(O)cc2)O3)cc(OC)c1. The highest BCUT2D eigenvalue weighted by molar-refractivity contribution is 5.72. The first-order valence-corrected chi connectivity index (χ1v) is 12.2. The average molecular weight is 511 g/mol. The zero-order chi connectivity index (χ0) is 26.6. The van der Waals surface area contributed by atoms with Crippen molar-refractivity contribution in [3.8, 4) is 34.5 Å². The number of benzene rings is 4. The number of aromatic hydroxyl groups is 1. The van der Waals surface area contributed by atoms with Crippen LogP contribution >= 0.6 is 0 Å². The maximum atomic E-state index is 9.85. The van der Waals surface area contributed by atoms with Crippen molar-refractivity contribution in [3.63, 3.8) is 0 Å². The maximum Gasteiger partial charge on any atom is 0.135 e. The van der Waals surface area contributed by atoms with E-state index < -0.39 is 0 Å². The molecule has 38 heavy (non-hydrogen) atoms. The van der Waals surface area contributed by atoms with Crippen LogP contribution in [0.5, 0.6) is 34.5 Å². The molecule has 0 fully saturated rings. The molecule has 0 aliphatic carbocycles. The van der Waals surface area contributed by atoms with Gasteiger partial charge in [-0.2, -0.15) is 0 Å². The van der Waals surface area contributed by atoms with Crippen molar-refractivity contribution < 1.29 is 28.8 Å². The number of fused-ring (bicyclic) bond motifs is 1. The number of methoxy groups -OCH3 is 4. The standard InChI is InChI=1S/C32H30O6/c1-34-25-13-21(14-26(18-25)35-2)6-5-20-7-12-30-29(15-20)31(23-16-27(36-3)19-28(17-23)37-4)32(38-30)22-8-10-24(33)11-9-22/h5-19,31-33H,1-4H3/b6-5+/t31-,32+/m1/s1. The van der Waals surface area contributed by atoms with E-state index in [1.54, 1.807) is 40.6 Å². The van der Waals surface area contributed by atoms with E-state index in [4.69, 9.17) is 23.7 Å². The molecule has 6 heteroatoms. The summed E-state index contributed by atoms with van der Waals surface area (Å²) in [7, 11) is 6.57. The van der Waals surface area contributed by atoms with Crippen LogP contribution in [-0.2, 0) is 0 Å². The predicted octanol–water partition coefficient (Wildman–Crippen LogP) is 6.86. The molecule has 1 N–H and O–H groups in total. The third kappa shape index (κ3) is 5.11. The molecule has 0 spiro atoms. The van der Waals surface area contributed by atoms with E-state index in [9.17, 15) is 5.11 Å². The van der Waals surface area contributed by atoms with Gasteiger partial charge in [-0.1, -0.05) is 30.4 Å². The van der Waals surface area contributed by atoms with Gasteiger partial charge in [-0.15, -0.1) is 0 Å². The van der Waals surface area contributed by atoms with Crippen LogP contribution in [0.2, 0.25) is 0 Å². The quantitative estimate of drug-likeness (QED) is 0.261. The topological polar surface area (TPSA) is 66.4 Å². The summed E-state index contributed by atoms with van der Waals surface area (Å²) in [5.74, 6) is 3.79. The van der Waals surface area contributed by atoms with Gasteiger partial charge >= 0.3 is 0 Å². The third-order valence-corrected chi connectivity index (χ3v) is 6.72. The van der Waals surface area contributed by atoms with Gasteiger partial charge in [0.2, 0.25) is 0 Å². The number of rotatable bonds is 8. The third-order valence-electron chi connectivity index (χ3n) is 6.72. The number of phenolic OH excluding ortho intramolecular Hbond substituents is 1. The Morgan fingerprint density at radius 1 is 0.605 bits per heavy atom. The second-order valence-corrected chi connectivity index (χ2v) is 9.03. The Bertz CT molecular complexity index is 1410. The van der Waals surface area contributed by atoms with Gasteiger partial charge in [0.15, 0.2) is 0 Å². The van der Waals surface area contributed by atoms with Crippen LogP contribution in [0, 0.1) is 0 Å². The molecular weight excluding hydrogens is 480 g/mol. The molecule has 1 aliphatic heterocycles. The molecule has 0 unspecified atom stereocenters. The highest BCUT2D eigenvalue weighted by Gasteiger charge is 2.37. The Balaban J connectivity index is 1.57. The van der Waals surface area contributed by atoms with Crippen molar-refractivity contribution in [1.29, 1.82) is 0 Å². The second-order valence-electron chi connectivity index (χ2n) is 9.03. The number of hydrogen-bond donors (Lipinski definition) is 1. The summed E-state index contributed by atoms with van der Waals surface area (Å²) in [6.45, 7) is 0. The molecule has 0 saturated heterocycles. The first kappa shape index (κ1) is 25.1. The maximum absolute atomic E-state index is 9.85. The molecule has 4 aromatic carbocycles. The van der Waals surface area contributed by atoms with Crippen LogP contribution in [-0.4, -0.2) is 33.5 Å². The number of hydrogen-bond acceptors (Lipinski definition) is 6. The van der Waals surface area contributed by atoms with E-state index in [2.05, 4.69) is 12.1 Å². The Morgan fingerprint density at radius 2 is 1.16 bits per heavy atom. The number of ether oxygens (including phenoxy) is 5. The first-order chi connectivity index (χ1) is 18.5. The van der Waals surface area contributed by atoms with E-state index in [1.165, 1.54) is 0 Å². The Labute approximate surface area is 222 Å². The van der Waals surface area contributed by atoms with Crippen molar-refractivity contribution in [3.05, 3.63) is 107 Å². The van der Waals surface area contributed by atoms with Gasteiger partial charge in [0.25, 0.3) is 0 Å². The largest absolute Gasteiger partial charge is 0.508 e. The zero-order valence-corrected chi connectivity index (χ0v) is 21.8. The lowest BCUT2D eigenvalue weighted by molar-refractivity contribution is 0.222. The first-order valence-electron chi connectivity index (χ1n) is 12.2. The molecule has 4 aromatic rings. The molecule has 0 aromatic heterocycles. The van der Waals surface area contributed by atoms with Gasteiger partial charge in [-0.25, -0.2) is 0 Å². The average Bonchev–Trinajstić information content (AvgIpc) is 3.34. The number of phenols is 1. The normalized spacial score (nSPS) is 16.1. The highest BCUT2D eigenvalue weighted by atomic mass is 16.5. The fourth-order valence-electron chi connectivity index (χ4n) is 4.79. The van der Waals surface area contributed by atoms with Crippen LogP contribution < -0.4 is 23.7 Å². The minimum Gasteiger partial charge on any atom is -0.508 e. The molecule has 6 nitrogen and oxygen atoms in total. The molecule has 0 radical (unpaired) electrons. The molecule has 0 saturated carbocycles. The summed E-state index contributed by atoms with van der Waals surface area (Å²) in [4.78, 5) is 0. The Kier molecular flexibility index (Phi) is 7.13. The summed E-state index contributed by atoms with van der Waals surface area (Å²) < 4.78 is 28.4. The molecular formula is C32H30O6. The van der Waals surface area contributed by atoms with Crippen molar-refractivity contribution >= 4 is 12.2 Å². The molecule has 1 heterocycles. The lowest BCUT2D eigenvalue weighted by Gasteiger charge is -2.21. The van der Waals surface area contributed by atoms with Gasteiger partial charge in [-0.05, 0) is 70.8 Å². The predicted molar refractivity (Wildman–Crippen MR) is 148 cm³/mol. The van der Waals surface area contributed by atoms with Crippen LogP contribution in [0.25, 0.3) is 12.2 Å². The molecule has 0 amide bonds. The van der Waals surface area contributed by atoms with E-state index in [-0.39, 0.29) is 17.8 Å². The summed E-state index contributed by atoms with van der Waals surface area (Å²) in [5.41, 5.74) is 5.03. The molecule has 1 aliphatic rings. The van der Waals surface area contributed by atoms with Crippen molar-refractivity contribution in [2.24, 2.45) is 0 Å². The van der Waals surface area contributed by atoms with Crippen molar-refractivity contribution in [2.75, 3.05) is 28.4 Å². The van der Waals surface area contributed by atoms with Gasteiger partial charge in [-0.3, -0.25) is 0 Å². The summed E-state index contributed by atoms with van der Waals surface area (Å²) >= 11 is 0. The fourth-order valence-corrected chi connectivity index (χ4v) is 4.79. The van der Waals surface area contributed by atoms with Crippen molar-refractivity contribution in [1.82, 2.24) is 0 Å². The molecule has 5 rings (SSSR count). The smallest absolute Gasteiger partial charge is 0.135 e. The lowest BCUT2D eigenvalue weighted by atomic mass is 9.84. The minimum atomic E-state index is -0.288. The van der Waals surface area contributed by atoms with Crippen LogP contribution in [0.3, 0.4) is 0 Å². The van der Waals surface area contributed by atoms with Crippen LogP contribution in [0.15, 0.2) is 78.9 Å². The monoisotopic (exact) mass is 510 g/mol. The Morgan fingerprint density at radius 3 is 1.74 bits per heavy atom. The van der Waals surface area contributed by atoms with Crippen LogP contribution in [0.1, 0.15) is 39.8 Å². The van der Waals surface area contributed by atoms with E-state index in [1.807, 2.05) is 66.7 Å². The fraction of sp³-hybridized carbons (Fsp3) is 0.188. The molecule has 0 bridgehead atoms. The van der Waals surface area contributed by atoms with Gasteiger partial charge in [0, 0.05) is 17.7 Å². The Hall–Kier alpha value is -4.58.